The summed E-state index contributed by atoms with van der Waals surface area (Å²) in [5.74, 6) is 4.62. The fourth-order valence-electron chi connectivity index (χ4n) is 15.9. The molecule has 0 bridgehead atoms. The zero-order valence-corrected chi connectivity index (χ0v) is 52.9. The largest absolute Gasteiger partial charge is 0.497 e. The van der Waals surface area contributed by atoms with Gasteiger partial charge in [-0.05, 0) is 169 Å². The predicted molar refractivity (Wildman–Crippen MR) is 330 cm³/mol. The van der Waals surface area contributed by atoms with Gasteiger partial charge in [-0.25, -0.2) is 0 Å². The van der Waals surface area contributed by atoms with Crippen LogP contribution in [0.25, 0.3) is 0 Å². The van der Waals surface area contributed by atoms with Crippen LogP contribution in [-0.2, 0) is 57.8 Å². The van der Waals surface area contributed by atoms with E-state index in [4.69, 9.17) is 52.1 Å². The quantitative estimate of drug-likeness (QED) is 0.0534. The van der Waals surface area contributed by atoms with E-state index >= 15 is 0 Å². The average molecular weight is 1200 g/mol. The minimum Gasteiger partial charge on any atom is -0.497 e. The number of nitrogens with one attached hydrogen (secondary N) is 2. The lowest BCUT2D eigenvalue weighted by molar-refractivity contribution is -0.315. The van der Waals surface area contributed by atoms with Crippen LogP contribution in [0.4, 0.5) is 0 Å². The number of hydrogen-bond acceptors (Lipinski definition) is 14. The molecule has 2 amide bonds. The Labute approximate surface area is 515 Å². The summed E-state index contributed by atoms with van der Waals surface area (Å²) in [5.41, 5.74) is 4.56. The topological polar surface area (TPSA) is 180 Å². The molecule has 2 saturated heterocycles. The van der Waals surface area contributed by atoms with Gasteiger partial charge in [0.25, 0.3) is 5.91 Å². The second-order valence-electron chi connectivity index (χ2n) is 26.4. The number of aliphatic hydroxyl groups is 1. The molecule has 4 aromatic carbocycles. The summed E-state index contributed by atoms with van der Waals surface area (Å²) >= 11 is 0. The number of hydrogen-bond donors (Lipinski definition) is 3. The van der Waals surface area contributed by atoms with Crippen LogP contribution in [0.15, 0.2) is 109 Å². The van der Waals surface area contributed by atoms with Crippen molar-refractivity contribution in [1.29, 1.82) is 0 Å². The van der Waals surface area contributed by atoms with Crippen molar-refractivity contribution < 1.29 is 66.8 Å². The number of aliphatic hydroxyl groups excluding tert-OH is 1. The molecule has 3 saturated carbocycles. The van der Waals surface area contributed by atoms with Gasteiger partial charge in [0.1, 0.15) is 59.5 Å². The molecule has 2 aliphatic heterocycles. The van der Waals surface area contributed by atoms with Crippen LogP contribution in [0.2, 0.25) is 0 Å². The number of amides is 2. The molecule has 474 valence electrons. The Morgan fingerprint density at radius 2 is 1.14 bits per heavy atom. The minimum absolute atomic E-state index is 0.00485. The van der Waals surface area contributed by atoms with Gasteiger partial charge in [-0.15, -0.1) is 0 Å². The lowest BCUT2D eigenvalue weighted by Gasteiger charge is -2.58. The summed E-state index contributed by atoms with van der Waals surface area (Å²) in [6.07, 6.45) is 6.74. The van der Waals surface area contributed by atoms with Crippen LogP contribution in [0.3, 0.4) is 0 Å². The summed E-state index contributed by atoms with van der Waals surface area (Å²) in [6, 6.07) is 28.0. The third-order valence-electron chi connectivity index (χ3n) is 20.6. The van der Waals surface area contributed by atoms with Crippen LogP contribution in [0.1, 0.15) is 133 Å². The van der Waals surface area contributed by atoms with Gasteiger partial charge >= 0.3 is 0 Å². The molecule has 5 fully saturated rings. The van der Waals surface area contributed by atoms with Gasteiger partial charge in [-0.2, -0.15) is 0 Å². The second-order valence-corrected chi connectivity index (χ2v) is 26.4. The van der Waals surface area contributed by atoms with Gasteiger partial charge in [0.15, 0.2) is 12.6 Å². The summed E-state index contributed by atoms with van der Waals surface area (Å²) in [4.78, 5) is 28.7. The molecule has 10 rings (SSSR count). The molecule has 0 spiro atoms. The maximum atomic E-state index is 14.8. The summed E-state index contributed by atoms with van der Waals surface area (Å²) < 4.78 is 71.5. The maximum Gasteiger partial charge on any atom is 0.251 e. The van der Waals surface area contributed by atoms with Crippen LogP contribution in [-0.4, -0.2) is 120 Å². The van der Waals surface area contributed by atoms with E-state index in [1.54, 1.807) is 52.7 Å². The third-order valence-corrected chi connectivity index (χ3v) is 20.6. The number of rotatable bonds is 25. The maximum absolute atomic E-state index is 14.8. The molecule has 4 aliphatic carbocycles. The highest BCUT2D eigenvalue weighted by atomic mass is 16.7. The summed E-state index contributed by atoms with van der Waals surface area (Å²) in [7, 11) is 6.47. The van der Waals surface area contributed by atoms with E-state index in [1.165, 1.54) is 12.5 Å². The van der Waals surface area contributed by atoms with Crippen molar-refractivity contribution in [2.45, 2.75) is 187 Å². The highest BCUT2D eigenvalue weighted by Gasteiger charge is 2.63. The van der Waals surface area contributed by atoms with Crippen LogP contribution < -0.4 is 29.6 Å². The number of methoxy groups -OCH3 is 4. The van der Waals surface area contributed by atoms with Gasteiger partial charge in [0.05, 0.1) is 73.7 Å². The first-order valence-corrected chi connectivity index (χ1v) is 31.9. The van der Waals surface area contributed by atoms with Crippen LogP contribution in [0, 0.1) is 46.3 Å². The van der Waals surface area contributed by atoms with Gasteiger partial charge in [0.2, 0.25) is 5.91 Å². The Hall–Kier alpha value is -5.56. The molecule has 2 heterocycles. The fourth-order valence-corrected chi connectivity index (χ4v) is 15.9. The van der Waals surface area contributed by atoms with E-state index in [9.17, 15) is 14.7 Å². The first-order chi connectivity index (χ1) is 42.0. The molecule has 0 radical (unpaired) electrons. The smallest absolute Gasteiger partial charge is 0.251 e. The number of fused-ring (bicyclic) bond motifs is 5. The Kier molecular flexibility index (Phi) is 21.4. The molecule has 3 N–H and O–H groups in total. The average Bonchev–Trinajstić information content (AvgIpc) is 1.77. The number of ether oxygens (including phenoxy) is 11. The molecular formula is C71H96N2O14. The third kappa shape index (κ3) is 14.9. The minimum atomic E-state index is -1.19. The first kappa shape index (κ1) is 64.4. The van der Waals surface area contributed by atoms with Crippen molar-refractivity contribution in [3.8, 4) is 23.0 Å². The lowest BCUT2D eigenvalue weighted by atomic mass is 9.47. The molecule has 6 aliphatic rings. The van der Waals surface area contributed by atoms with E-state index in [0.717, 1.165) is 92.4 Å². The number of carbonyl (C=O) groups is 2. The van der Waals surface area contributed by atoms with Crippen molar-refractivity contribution in [2.24, 2.45) is 46.3 Å². The number of carbonyl (C=O) groups excluding carboxylic acids is 2. The molecule has 16 nitrogen and oxygen atoms in total. The number of benzene rings is 4. The molecule has 9 unspecified atom stereocenters. The normalized spacial score (nSPS) is 32.4. The Morgan fingerprint density at radius 1 is 0.621 bits per heavy atom. The zero-order chi connectivity index (χ0) is 61.4. The van der Waals surface area contributed by atoms with Gasteiger partial charge in [-0.3, -0.25) is 9.59 Å². The molecule has 0 aromatic heterocycles. The second kappa shape index (κ2) is 28.9. The molecule has 17 atom stereocenters. The first-order valence-electron chi connectivity index (χ1n) is 31.9. The van der Waals surface area contributed by atoms with E-state index in [-0.39, 0.29) is 67.9 Å². The molecule has 4 aromatic rings. The van der Waals surface area contributed by atoms with E-state index in [2.05, 4.69) is 51.3 Å². The van der Waals surface area contributed by atoms with E-state index in [0.29, 0.717) is 46.7 Å². The fraction of sp³-hybridized carbons (Fsp3) is 0.606. The standard InChI is InChI=1S/C71H96N2O14/c1-43(2)12-11-13-44(3)62-59(37-58-56-31-22-50-36-51(75)32-34-70(50,5)57(56)33-35-71(58,62)6)86-68-64(72-45(4)74)66(61(42-84-68)82-39-47-16-25-53(78-8)26-17-47)87-69-63(73-67(76)49-20-29-55(80-10)30-21-49)65(83-40-48-18-27-54(79-9)28-19-48)60(41-85-69)81-38-46-14-23-52(77-7)24-15-46/h14-30,43-44,51,56-66,68-69,75H,11-13,31-42H2,1-10H3,(H,72,74)(H,73,76)/t44-,51+,56-,57+,58?,59+,60?,61?,62+,63?,64?,65?,66?,68?,69?,70+,71+/m1/s1. The summed E-state index contributed by atoms with van der Waals surface area (Å²) in [5, 5.41) is 17.4. The molecule has 87 heavy (non-hydrogen) atoms. The Morgan fingerprint density at radius 3 is 1.68 bits per heavy atom. The Bertz CT molecular complexity index is 2890. The molecule has 16 heteroatoms. The van der Waals surface area contributed by atoms with Gasteiger partial charge in [0, 0.05) is 12.5 Å². The van der Waals surface area contributed by atoms with Gasteiger partial charge < -0.3 is 67.8 Å². The highest BCUT2D eigenvalue weighted by molar-refractivity contribution is 5.94. The highest BCUT2D eigenvalue weighted by Crippen LogP contribution is 2.68. The monoisotopic (exact) mass is 1200 g/mol. The van der Waals surface area contributed by atoms with Crippen molar-refractivity contribution in [3.05, 3.63) is 131 Å². The van der Waals surface area contributed by atoms with Crippen molar-refractivity contribution in [3.63, 3.8) is 0 Å². The van der Waals surface area contributed by atoms with Crippen molar-refractivity contribution >= 4 is 11.8 Å². The van der Waals surface area contributed by atoms with Crippen LogP contribution >= 0.6 is 0 Å². The van der Waals surface area contributed by atoms with E-state index < -0.39 is 55.0 Å². The zero-order valence-electron chi connectivity index (χ0n) is 52.9. The molecular weight excluding hydrogens is 1100 g/mol. The van der Waals surface area contributed by atoms with Crippen molar-refractivity contribution in [2.75, 3.05) is 41.7 Å². The predicted octanol–water partition coefficient (Wildman–Crippen LogP) is 11.6. The SMILES string of the molecule is COc1ccc(COC2COC(OC3C(OCc4ccc(OC)cc4)COC(O[C@H]4CC5[C@@H]6CC=C7C[C@@H](O)CC[C@]7(C)[C@H]6CC[C@]5(C)[C@H]4[C@H](C)CCCC(C)C)C3NC(C)=O)C(NC(=O)c3ccc(OC)cc3)C2OCc2ccc(OC)cc2)cc1. The van der Waals surface area contributed by atoms with Gasteiger partial charge in [-0.1, -0.05) is 102 Å². The van der Waals surface area contributed by atoms with E-state index in [1.807, 2.05) is 72.8 Å². The summed E-state index contributed by atoms with van der Waals surface area (Å²) in [6.45, 7) is 14.2. The van der Waals surface area contributed by atoms with Crippen LogP contribution in [0.5, 0.6) is 23.0 Å². The van der Waals surface area contributed by atoms with Crippen molar-refractivity contribution in [1.82, 2.24) is 10.6 Å². The number of allylic oxidation sites excluding steroid dienone is 1. The lowest BCUT2D eigenvalue weighted by Crippen LogP contribution is -2.67. The Balaban J connectivity index is 1.01.